The number of halogens is 1. The molecule has 1 aromatic carbocycles. The Balaban J connectivity index is 1.59. The molecule has 1 fully saturated rings. The SMILES string of the molecule is Cc1ccc(Cn2c(Br)nc3c2c(=O)n(CCCOC2CCCCO2)c(=O)n3C)cc1. The summed E-state index contributed by atoms with van der Waals surface area (Å²) in [5, 5.41) is 0. The van der Waals surface area contributed by atoms with Gasteiger partial charge in [-0.25, -0.2) is 9.78 Å². The van der Waals surface area contributed by atoms with Crippen molar-refractivity contribution >= 4 is 27.1 Å². The molecule has 2 aromatic heterocycles. The Labute approximate surface area is 188 Å². The summed E-state index contributed by atoms with van der Waals surface area (Å²) in [5.41, 5.74) is 2.29. The van der Waals surface area contributed by atoms with E-state index >= 15 is 0 Å². The first kappa shape index (κ1) is 22.0. The van der Waals surface area contributed by atoms with E-state index in [1.165, 1.54) is 14.7 Å². The molecule has 1 atom stereocenters. The fourth-order valence-corrected chi connectivity index (χ4v) is 4.31. The van der Waals surface area contributed by atoms with Crippen LogP contribution in [0.4, 0.5) is 0 Å². The Morgan fingerprint density at radius 1 is 1.19 bits per heavy atom. The zero-order valence-electron chi connectivity index (χ0n) is 17.8. The van der Waals surface area contributed by atoms with E-state index in [0.717, 1.165) is 31.4 Å². The minimum absolute atomic E-state index is 0.178. The van der Waals surface area contributed by atoms with E-state index < -0.39 is 0 Å². The van der Waals surface area contributed by atoms with Gasteiger partial charge in [-0.05, 0) is 54.1 Å². The van der Waals surface area contributed by atoms with Crippen LogP contribution < -0.4 is 11.2 Å². The first-order valence-electron chi connectivity index (χ1n) is 10.6. The summed E-state index contributed by atoms with van der Waals surface area (Å²) in [7, 11) is 1.64. The van der Waals surface area contributed by atoms with Crippen molar-refractivity contribution in [1.29, 1.82) is 0 Å². The number of rotatable bonds is 7. The summed E-state index contributed by atoms with van der Waals surface area (Å²) in [5.74, 6) is 0. The van der Waals surface area contributed by atoms with Crippen LogP contribution in [0.1, 0.15) is 36.8 Å². The van der Waals surface area contributed by atoms with Crippen LogP contribution in [0.15, 0.2) is 38.6 Å². The second-order valence-electron chi connectivity index (χ2n) is 7.94. The maximum atomic E-state index is 13.3. The van der Waals surface area contributed by atoms with Gasteiger partial charge in [-0.2, -0.15) is 0 Å². The van der Waals surface area contributed by atoms with Crippen molar-refractivity contribution in [2.24, 2.45) is 7.05 Å². The Morgan fingerprint density at radius 2 is 1.97 bits per heavy atom. The number of nitrogens with zero attached hydrogens (tertiary/aromatic N) is 4. The van der Waals surface area contributed by atoms with Crippen molar-refractivity contribution < 1.29 is 9.47 Å². The number of ether oxygens (including phenoxy) is 2. The quantitative estimate of drug-likeness (QED) is 0.375. The van der Waals surface area contributed by atoms with Crippen LogP contribution in [0.3, 0.4) is 0 Å². The Bertz CT molecular complexity index is 1170. The van der Waals surface area contributed by atoms with Crippen molar-refractivity contribution in [3.05, 3.63) is 61.0 Å². The normalized spacial score (nSPS) is 16.8. The molecular formula is C22H27BrN4O4. The minimum Gasteiger partial charge on any atom is -0.353 e. The molecule has 0 N–H and O–H groups in total. The zero-order valence-corrected chi connectivity index (χ0v) is 19.4. The molecule has 0 radical (unpaired) electrons. The number of imidazole rings is 1. The molecule has 1 aliphatic heterocycles. The maximum absolute atomic E-state index is 13.3. The molecule has 0 aliphatic carbocycles. The van der Waals surface area contributed by atoms with Gasteiger partial charge in [-0.1, -0.05) is 29.8 Å². The van der Waals surface area contributed by atoms with Crippen LogP contribution in [-0.2, 0) is 29.6 Å². The van der Waals surface area contributed by atoms with E-state index in [2.05, 4.69) is 20.9 Å². The molecule has 1 saturated heterocycles. The van der Waals surface area contributed by atoms with Crippen molar-refractivity contribution in [3.63, 3.8) is 0 Å². The zero-order chi connectivity index (χ0) is 22.0. The summed E-state index contributed by atoms with van der Waals surface area (Å²) in [6.07, 6.45) is 3.43. The van der Waals surface area contributed by atoms with Gasteiger partial charge < -0.3 is 14.0 Å². The molecule has 0 amide bonds. The first-order valence-corrected chi connectivity index (χ1v) is 11.4. The highest BCUT2D eigenvalue weighted by Crippen LogP contribution is 2.19. The van der Waals surface area contributed by atoms with Gasteiger partial charge in [0.15, 0.2) is 22.2 Å². The topological polar surface area (TPSA) is 80.3 Å². The third-order valence-electron chi connectivity index (χ3n) is 5.61. The molecule has 0 spiro atoms. The van der Waals surface area contributed by atoms with Gasteiger partial charge in [0.25, 0.3) is 5.56 Å². The predicted octanol–water partition coefficient (Wildman–Crippen LogP) is 2.95. The van der Waals surface area contributed by atoms with E-state index in [0.29, 0.717) is 35.5 Å². The monoisotopic (exact) mass is 490 g/mol. The highest BCUT2D eigenvalue weighted by molar-refractivity contribution is 9.10. The van der Waals surface area contributed by atoms with E-state index in [-0.39, 0.29) is 24.1 Å². The minimum atomic E-state index is -0.376. The second-order valence-corrected chi connectivity index (χ2v) is 8.65. The van der Waals surface area contributed by atoms with E-state index in [1.54, 1.807) is 7.05 Å². The number of hydrogen-bond donors (Lipinski definition) is 0. The summed E-state index contributed by atoms with van der Waals surface area (Å²) in [4.78, 5) is 30.5. The van der Waals surface area contributed by atoms with Crippen molar-refractivity contribution in [2.75, 3.05) is 13.2 Å². The lowest BCUT2D eigenvalue weighted by Crippen LogP contribution is -2.40. The van der Waals surface area contributed by atoms with Gasteiger partial charge >= 0.3 is 5.69 Å². The molecule has 0 saturated carbocycles. The lowest BCUT2D eigenvalue weighted by molar-refractivity contribution is -0.163. The fraction of sp³-hybridized carbons (Fsp3) is 0.500. The number of benzene rings is 1. The average Bonchev–Trinajstić information content (AvgIpc) is 3.10. The van der Waals surface area contributed by atoms with Gasteiger partial charge in [0.2, 0.25) is 0 Å². The molecule has 1 aliphatic rings. The average molecular weight is 491 g/mol. The standard InChI is InChI=1S/C22H27BrN4O4/c1-15-7-9-16(10-8-15)14-27-18-19(24-21(27)23)25(2)22(29)26(20(18)28)11-5-13-31-17-6-3-4-12-30-17/h7-10,17H,3-6,11-14H2,1-2H3. The Morgan fingerprint density at radius 3 is 2.68 bits per heavy atom. The molecular weight excluding hydrogens is 464 g/mol. The van der Waals surface area contributed by atoms with Gasteiger partial charge in [-0.3, -0.25) is 13.9 Å². The molecule has 9 heteroatoms. The third-order valence-corrected chi connectivity index (χ3v) is 6.22. The lowest BCUT2D eigenvalue weighted by atomic mass is 10.1. The molecule has 3 heterocycles. The van der Waals surface area contributed by atoms with E-state index in [9.17, 15) is 9.59 Å². The Hall–Kier alpha value is -2.23. The number of aryl methyl sites for hydroxylation is 2. The highest BCUT2D eigenvalue weighted by atomic mass is 79.9. The number of hydrogen-bond acceptors (Lipinski definition) is 5. The van der Waals surface area contributed by atoms with Gasteiger partial charge in [-0.15, -0.1) is 0 Å². The van der Waals surface area contributed by atoms with Crippen molar-refractivity contribution in [1.82, 2.24) is 18.7 Å². The molecule has 1 unspecified atom stereocenters. The molecule has 8 nitrogen and oxygen atoms in total. The molecule has 0 bridgehead atoms. The number of aromatic nitrogens is 4. The largest absolute Gasteiger partial charge is 0.353 e. The van der Waals surface area contributed by atoms with Gasteiger partial charge in [0.1, 0.15) is 0 Å². The lowest BCUT2D eigenvalue weighted by Gasteiger charge is -2.22. The summed E-state index contributed by atoms with van der Waals surface area (Å²) in [6.45, 7) is 3.95. The first-order chi connectivity index (χ1) is 15.0. The Kier molecular flexibility index (Phi) is 6.74. The summed E-state index contributed by atoms with van der Waals surface area (Å²) >= 11 is 3.46. The molecule has 4 rings (SSSR count). The molecule has 166 valence electrons. The van der Waals surface area contributed by atoms with Gasteiger partial charge in [0.05, 0.1) is 13.2 Å². The van der Waals surface area contributed by atoms with Crippen molar-refractivity contribution in [3.8, 4) is 0 Å². The van der Waals surface area contributed by atoms with Crippen LogP contribution in [0, 0.1) is 6.92 Å². The van der Waals surface area contributed by atoms with Crippen LogP contribution >= 0.6 is 15.9 Å². The predicted molar refractivity (Wildman–Crippen MR) is 121 cm³/mol. The molecule has 31 heavy (non-hydrogen) atoms. The van der Waals surface area contributed by atoms with Crippen molar-refractivity contribution in [2.45, 2.75) is 52.0 Å². The smallest absolute Gasteiger partial charge is 0.332 e. The summed E-state index contributed by atoms with van der Waals surface area (Å²) in [6, 6.07) is 8.12. The fourth-order valence-electron chi connectivity index (χ4n) is 3.84. The van der Waals surface area contributed by atoms with E-state index in [4.69, 9.17) is 9.47 Å². The third kappa shape index (κ3) is 4.68. The van der Waals surface area contributed by atoms with E-state index in [1.807, 2.05) is 35.8 Å². The van der Waals surface area contributed by atoms with Crippen LogP contribution in [0.5, 0.6) is 0 Å². The molecule has 3 aromatic rings. The second kappa shape index (κ2) is 9.50. The summed E-state index contributed by atoms with van der Waals surface area (Å²) < 4.78 is 16.3. The maximum Gasteiger partial charge on any atom is 0.332 e. The van der Waals surface area contributed by atoms with Crippen LogP contribution in [-0.4, -0.2) is 38.2 Å². The van der Waals surface area contributed by atoms with Crippen LogP contribution in [0.2, 0.25) is 0 Å². The van der Waals surface area contributed by atoms with Gasteiger partial charge in [0, 0.05) is 20.2 Å². The highest BCUT2D eigenvalue weighted by Gasteiger charge is 2.20. The number of fused-ring (bicyclic) bond motifs is 1. The van der Waals surface area contributed by atoms with Crippen LogP contribution in [0.25, 0.3) is 11.2 Å².